The van der Waals surface area contributed by atoms with E-state index in [-0.39, 0.29) is 28.4 Å². The van der Waals surface area contributed by atoms with E-state index >= 15 is 0 Å². The fourth-order valence-electron chi connectivity index (χ4n) is 11.9. The molecule has 398 valence electrons. The maximum Gasteiger partial charge on any atom is 0.252 e. The first-order valence-electron chi connectivity index (χ1n) is 28.5. The fraction of sp³-hybridized carbons (Fsp3) is 0.270. The summed E-state index contributed by atoms with van der Waals surface area (Å²) in [6, 6.07) is 62.9. The van der Waals surface area contributed by atoms with Crippen LogP contribution in [0.5, 0.6) is 0 Å². The van der Waals surface area contributed by atoms with Crippen molar-refractivity contribution in [3.05, 3.63) is 216 Å². The lowest BCUT2D eigenvalue weighted by molar-refractivity contribution is 0.590. The van der Waals surface area contributed by atoms with Gasteiger partial charge in [0.1, 0.15) is 11.3 Å². The number of fused-ring (bicyclic) bond motifs is 5. The van der Waals surface area contributed by atoms with Crippen molar-refractivity contribution in [3.63, 3.8) is 0 Å². The summed E-state index contributed by atoms with van der Waals surface area (Å²) >= 11 is 0. The van der Waals surface area contributed by atoms with Crippen LogP contribution < -0.4 is 31.1 Å². The molecule has 0 bridgehead atoms. The average Bonchev–Trinajstić information content (AvgIpc) is 3.46. The zero-order valence-corrected chi connectivity index (χ0v) is 49.4. The number of rotatable bonds is 9. The van der Waals surface area contributed by atoms with Crippen LogP contribution >= 0.6 is 0 Å². The third-order valence-corrected chi connectivity index (χ3v) is 16.6. The van der Waals surface area contributed by atoms with Crippen LogP contribution in [0, 0.1) is 0 Å². The van der Waals surface area contributed by atoms with Gasteiger partial charge in [-0.05, 0) is 169 Å². The van der Waals surface area contributed by atoms with Gasteiger partial charge in [0, 0.05) is 67.7 Å². The van der Waals surface area contributed by atoms with Gasteiger partial charge in [0.05, 0.1) is 0 Å². The highest BCUT2D eigenvalue weighted by molar-refractivity contribution is 7.00. The standard InChI is InChI=1S/C74H78BN3O/c1-17-21-68-59(18-2)61-25-20-24-60(70(61)79-68)49-22-19-23-57(42-49)78-65-46-58(76(54-35-28-50(29-36-54)71(5,6)7)55-37-30-51(31-38-55)72(8,9)10)39-40-62(65)75-63-43-52(73(11,12)13)32-41-64(63)77(56-33-26-48(27-34-56)47(3)4)66-44-53(74(14,15)16)45-67(78)69(66)75/h17-47H,2H2,1,3-16H3/b21-17-. The number of anilines is 9. The highest BCUT2D eigenvalue weighted by atomic mass is 16.3. The molecule has 11 rings (SSSR count). The van der Waals surface area contributed by atoms with Crippen LogP contribution in [-0.4, -0.2) is 6.71 Å². The lowest BCUT2D eigenvalue weighted by atomic mass is 9.33. The SMILES string of the molecule is C=Cc1c(/C=C\C)oc2c(-c3cccc(N4c5cc(N(c6ccc(C(C)(C)C)cc6)c6ccc(C(C)(C)C)cc6)ccc5B5c6cc(C(C)(C)C)ccc6N(c6ccc(C(C)C)cc6)c6cc(C(C)(C)C)cc4c65)c3)cccc12. The number of hydrogen-bond donors (Lipinski definition) is 0. The van der Waals surface area contributed by atoms with E-state index in [2.05, 4.69) is 282 Å². The summed E-state index contributed by atoms with van der Waals surface area (Å²) < 4.78 is 6.76. The van der Waals surface area contributed by atoms with Crippen molar-refractivity contribution in [2.24, 2.45) is 0 Å². The van der Waals surface area contributed by atoms with Gasteiger partial charge in [0.25, 0.3) is 6.71 Å². The lowest BCUT2D eigenvalue weighted by Crippen LogP contribution is -2.61. The summed E-state index contributed by atoms with van der Waals surface area (Å²) in [4.78, 5) is 7.59. The first-order chi connectivity index (χ1) is 37.4. The molecule has 0 fully saturated rings. The normalized spacial score (nSPS) is 13.5. The van der Waals surface area contributed by atoms with Crippen molar-refractivity contribution in [1.29, 1.82) is 0 Å². The predicted molar refractivity (Wildman–Crippen MR) is 344 cm³/mol. The number of furan rings is 1. The Labute approximate surface area is 472 Å². The maximum atomic E-state index is 6.76. The topological polar surface area (TPSA) is 22.9 Å². The molecule has 5 heteroatoms. The number of hydrogen-bond acceptors (Lipinski definition) is 4. The average molecular weight is 1040 g/mol. The third-order valence-electron chi connectivity index (χ3n) is 16.6. The molecule has 0 atom stereocenters. The Bertz CT molecular complexity index is 3770. The molecule has 1 aromatic heterocycles. The van der Waals surface area contributed by atoms with Crippen molar-refractivity contribution in [3.8, 4) is 11.1 Å². The van der Waals surface area contributed by atoms with Gasteiger partial charge >= 0.3 is 0 Å². The van der Waals surface area contributed by atoms with E-state index in [9.17, 15) is 0 Å². The van der Waals surface area contributed by atoms with Crippen molar-refractivity contribution in [1.82, 2.24) is 0 Å². The fourth-order valence-corrected chi connectivity index (χ4v) is 11.9. The predicted octanol–water partition coefficient (Wildman–Crippen LogP) is 19.6. The van der Waals surface area contributed by atoms with Crippen LogP contribution in [0.15, 0.2) is 181 Å². The first-order valence-corrected chi connectivity index (χ1v) is 28.5. The molecule has 0 amide bonds. The molecule has 2 aliphatic rings. The zero-order chi connectivity index (χ0) is 56.1. The Morgan fingerprint density at radius 2 is 1.06 bits per heavy atom. The van der Waals surface area contributed by atoms with Gasteiger partial charge in [-0.2, -0.15) is 0 Å². The summed E-state index contributed by atoms with van der Waals surface area (Å²) in [6.07, 6.45) is 5.98. The van der Waals surface area contributed by atoms with E-state index in [0.29, 0.717) is 5.92 Å². The highest BCUT2D eigenvalue weighted by Gasteiger charge is 2.45. The van der Waals surface area contributed by atoms with Crippen LogP contribution in [0.4, 0.5) is 51.2 Å². The van der Waals surface area contributed by atoms with E-state index in [0.717, 1.165) is 67.5 Å². The molecule has 9 aromatic rings. The second-order valence-corrected chi connectivity index (χ2v) is 26.5. The van der Waals surface area contributed by atoms with E-state index < -0.39 is 0 Å². The summed E-state index contributed by atoms with van der Waals surface area (Å²) in [7, 11) is 0. The molecule has 3 heterocycles. The molecular weight excluding hydrogens is 958 g/mol. The van der Waals surface area contributed by atoms with Crippen LogP contribution in [-0.2, 0) is 21.7 Å². The van der Waals surface area contributed by atoms with Crippen LogP contribution in [0.1, 0.15) is 149 Å². The minimum Gasteiger partial charge on any atom is -0.455 e. The molecule has 79 heavy (non-hydrogen) atoms. The zero-order valence-electron chi connectivity index (χ0n) is 49.4. The van der Waals surface area contributed by atoms with Crippen LogP contribution in [0.25, 0.3) is 34.2 Å². The Morgan fingerprint density at radius 3 is 1.62 bits per heavy atom. The minimum atomic E-state index is -0.183. The number of para-hydroxylation sites is 1. The summed E-state index contributed by atoms with van der Waals surface area (Å²) in [6.45, 7) is 38.5. The van der Waals surface area contributed by atoms with E-state index in [4.69, 9.17) is 4.42 Å². The highest BCUT2D eigenvalue weighted by Crippen LogP contribution is 2.49. The van der Waals surface area contributed by atoms with Gasteiger partial charge in [-0.1, -0.05) is 201 Å². The van der Waals surface area contributed by atoms with Gasteiger partial charge in [-0.25, -0.2) is 0 Å². The molecule has 0 aliphatic carbocycles. The summed E-state index contributed by atoms with van der Waals surface area (Å²) in [5, 5.41) is 1.05. The number of allylic oxidation sites excluding steroid dienone is 1. The summed E-state index contributed by atoms with van der Waals surface area (Å²) in [5.41, 5.74) is 24.4. The monoisotopic (exact) mass is 1040 g/mol. The molecule has 0 unspecified atom stereocenters. The largest absolute Gasteiger partial charge is 0.455 e. The minimum absolute atomic E-state index is 0.0121. The van der Waals surface area contributed by atoms with Gasteiger partial charge in [0.15, 0.2) is 0 Å². The van der Waals surface area contributed by atoms with Crippen molar-refractivity contribution in [2.75, 3.05) is 14.7 Å². The van der Waals surface area contributed by atoms with Gasteiger partial charge in [-0.3, -0.25) is 0 Å². The second-order valence-electron chi connectivity index (χ2n) is 26.5. The van der Waals surface area contributed by atoms with Crippen LogP contribution in [0.3, 0.4) is 0 Å². The van der Waals surface area contributed by atoms with Gasteiger partial charge in [0.2, 0.25) is 0 Å². The Hall–Kier alpha value is -7.76. The number of benzene rings is 8. The number of nitrogens with zero attached hydrogens (tertiary/aromatic N) is 3. The Morgan fingerprint density at radius 1 is 0.506 bits per heavy atom. The smallest absolute Gasteiger partial charge is 0.252 e. The third kappa shape index (κ3) is 9.53. The van der Waals surface area contributed by atoms with Gasteiger partial charge < -0.3 is 19.1 Å². The molecule has 0 saturated carbocycles. The molecule has 0 N–H and O–H groups in total. The van der Waals surface area contributed by atoms with Crippen LogP contribution in [0.2, 0.25) is 0 Å². The molecular formula is C74H78BN3O. The lowest BCUT2D eigenvalue weighted by Gasteiger charge is -2.45. The Balaban J connectivity index is 1.23. The van der Waals surface area contributed by atoms with E-state index in [1.165, 1.54) is 61.3 Å². The van der Waals surface area contributed by atoms with E-state index in [1.807, 2.05) is 25.2 Å². The van der Waals surface area contributed by atoms with Crippen molar-refractivity contribution < 1.29 is 4.42 Å². The quantitative estimate of drug-likeness (QED) is 0.134. The molecule has 0 radical (unpaired) electrons. The first kappa shape index (κ1) is 53.3. The summed E-state index contributed by atoms with van der Waals surface area (Å²) in [5.74, 6) is 1.24. The Kier molecular flexibility index (Phi) is 13.2. The molecule has 2 aliphatic heterocycles. The maximum absolute atomic E-state index is 6.76. The van der Waals surface area contributed by atoms with Crippen molar-refractivity contribution in [2.45, 2.75) is 131 Å². The molecule has 4 nitrogen and oxygen atoms in total. The molecule has 8 aromatic carbocycles. The molecule has 0 spiro atoms. The molecule has 0 saturated heterocycles. The van der Waals surface area contributed by atoms with E-state index in [1.54, 1.807) is 0 Å². The van der Waals surface area contributed by atoms with Crippen molar-refractivity contribution >= 4 is 97.4 Å². The van der Waals surface area contributed by atoms with Gasteiger partial charge in [-0.15, -0.1) is 0 Å². The second kappa shape index (κ2) is 19.6.